The number of likely N-dealkylation sites (N-methyl/N-ethyl adjacent to an activating group) is 1. The molecule has 1 fully saturated rings. The summed E-state index contributed by atoms with van der Waals surface area (Å²) < 4.78 is 8.59. The van der Waals surface area contributed by atoms with Crippen molar-refractivity contribution < 1.29 is 24.2 Å². The number of carbonyl (C=O) groups excluding carboxylic acids is 3. The fourth-order valence-corrected chi connectivity index (χ4v) is 6.55. The third kappa shape index (κ3) is 7.79. The SMILES string of the molecule is C[C@@H]1CN([C@H](C)CO)C(=O)Cc2cc(NC(=O)Cc3cn(C)c4ccccc34)ccc2O[C@@H]1CN(C)C(=O)NC1CCCCC1. The fraction of sp³-hybridized carbons (Fsp3) is 0.514. The number of aromatic nitrogens is 1. The Morgan fingerprint density at radius 2 is 1.89 bits per heavy atom. The van der Waals surface area contributed by atoms with E-state index in [0.717, 1.165) is 42.1 Å². The highest BCUT2D eigenvalue weighted by molar-refractivity contribution is 5.96. The van der Waals surface area contributed by atoms with Crippen LogP contribution in [0.15, 0.2) is 48.7 Å². The van der Waals surface area contributed by atoms with Gasteiger partial charge >= 0.3 is 6.03 Å². The van der Waals surface area contributed by atoms with Gasteiger partial charge in [-0.05, 0) is 49.6 Å². The molecule has 0 unspecified atom stereocenters. The van der Waals surface area contributed by atoms with Gasteiger partial charge in [-0.2, -0.15) is 0 Å². The number of benzene rings is 2. The molecule has 0 radical (unpaired) electrons. The summed E-state index contributed by atoms with van der Waals surface area (Å²) >= 11 is 0. The second-order valence-corrected chi connectivity index (χ2v) is 12.9. The van der Waals surface area contributed by atoms with Crippen molar-refractivity contribution in [2.24, 2.45) is 13.0 Å². The number of aliphatic hydroxyl groups excluding tert-OH is 1. The van der Waals surface area contributed by atoms with Crippen molar-refractivity contribution in [1.29, 1.82) is 0 Å². The summed E-state index contributed by atoms with van der Waals surface area (Å²) in [6.45, 7) is 4.39. The third-order valence-electron chi connectivity index (χ3n) is 9.26. The van der Waals surface area contributed by atoms with E-state index in [2.05, 4.69) is 10.6 Å². The summed E-state index contributed by atoms with van der Waals surface area (Å²) in [5.74, 6) is 0.136. The topological polar surface area (TPSA) is 116 Å². The van der Waals surface area contributed by atoms with Crippen LogP contribution in [0.2, 0.25) is 0 Å². The fourth-order valence-electron chi connectivity index (χ4n) is 6.55. The highest BCUT2D eigenvalue weighted by atomic mass is 16.5. The zero-order valence-corrected chi connectivity index (χ0v) is 26.9. The molecule has 45 heavy (non-hydrogen) atoms. The maximum Gasteiger partial charge on any atom is 0.317 e. The van der Waals surface area contributed by atoms with Crippen molar-refractivity contribution >= 4 is 34.4 Å². The quantitative estimate of drug-likeness (QED) is 0.345. The van der Waals surface area contributed by atoms with Gasteiger partial charge in [-0.1, -0.05) is 44.4 Å². The molecule has 3 aromatic rings. The number of aliphatic hydroxyl groups is 1. The largest absolute Gasteiger partial charge is 0.488 e. The third-order valence-corrected chi connectivity index (χ3v) is 9.26. The van der Waals surface area contributed by atoms with Crippen molar-refractivity contribution in [2.75, 3.05) is 32.1 Å². The lowest BCUT2D eigenvalue weighted by Gasteiger charge is -2.34. The number of urea groups is 1. The number of rotatable bonds is 8. The van der Waals surface area contributed by atoms with E-state index in [1.165, 1.54) is 6.42 Å². The number of ether oxygens (including phenoxy) is 1. The molecule has 1 aliphatic carbocycles. The Kier molecular flexibility index (Phi) is 10.3. The smallest absolute Gasteiger partial charge is 0.317 e. The molecule has 3 atom stereocenters. The van der Waals surface area contributed by atoms with E-state index in [1.807, 2.05) is 55.9 Å². The molecule has 10 nitrogen and oxygen atoms in total. The molecule has 0 spiro atoms. The van der Waals surface area contributed by atoms with E-state index in [4.69, 9.17) is 4.74 Å². The molecule has 0 bridgehead atoms. The highest BCUT2D eigenvalue weighted by Gasteiger charge is 2.32. The predicted molar refractivity (Wildman–Crippen MR) is 175 cm³/mol. The molecule has 1 saturated carbocycles. The standard InChI is InChI=1S/C35H47N5O5/c1-23-19-40(24(2)22-41)34(43)18-25-16-28(36-33(42)17-26-20-38(3)30-13-9-8-12-29(26)30)14-15-31(25)45-32(23)21-39(4)35(44)37-27-10-6-5-7-11-27/h8-9,12-16,20,23-24,27,32,41H,5-7,10-11,17-19,21-22H2,1-4H3,(H,36,42)(H,37,44)/t23-,24-,32-/m1/s1. The van der Waals surface area contributed by atoms with Crippen LogP contribution in [0.25, 0.3) is 10.9 Å². The normalized spacial score (nSPS) is 19.9. The van der Waals surface area contributed by atoms with Gasteiger partial charge in [-0.15, -0.1) is 0 Å². The molecular formula is C35H47N5O5. The van der Waals surface area contributed by atoms with Crippen LogP contribution in [-0.4, -0.2) is 82.3 Å². The Labute approximate surface area is 265 Å². The van der Waals surface area contributed by atoms with Gasteiger partial charge in [0.2, 0.25) is 11.8 Å². The Morgan fingerprint density at radius 1 is 1.13 bits per heavy atom. The minimum absolute atomic E-state index is 0.0597. The van der Waals surface area contributed by atoms with Crippen LogP contribution < -0.4 is 15.4 Å². The number of fused-ring (bicyclic) bond motifs is 2. The first-order valence-electron chi connectivity index (χ1n) is 16.2. The Hall–Kier alpha value is -4.05. The molecular weight excluding hydrogens is 570 g/mol. The van der Waals surface area contributed by atoms with Crippen molar-refractivity contribution in [3.8, 4) is 5.75 Å². The number of hydrogen-bond acceptors (Lipinski definition) is 5. The van der Waals surface area contributed by atoms with Crippen LogP contribution in [0, 0.1) is 5.92 Å². The van der Waals surface area contributed by atoms with E-state index < -0.39 is 6.10 Å². The Balaban J connectivity index is 1.34. The summed E-state index contributed by atoms with van der Waals surface area (Å²) in [6.07, 6.45) is 7.32. The number of hydrogen-bond donors (Lipinski definition) is 3. The van der Waals surface area contributed by atoms with Gasteiger partial charge in [0.25, 0.3) is 0 Å². The number of carbonyl (C=O) groups is 3. The second-order valence-electron chi connectivity index (χ2n) is 12.9. The summed E-state index contributed by atoms with van der Waals surface area (Å²) in [7, 11) is 3.74. The zero-order valence-electron chi connectivity index (χ0n) is 26.9. The molecule has 10 heteroatoms. The van der Waals surface area contributed by atoms with E-state index in [1.54, 1.807) is 35.0 Å². The van der Waals surface area contributed by atoms with Crippen molar-refractivity contribution in [3.63, 3.8) is 0 Å². The molecule has 3 N–H and O–H groups in total. The minimum Gasteiger partial charge on any atom is -0.488 e. The number of aryl methyl sites for hydroxylation is 1. The van der Waals surface area contributed by atoms with Gasteiger partial charge in [0, 0.05) is 61.0 Å². The molecule has 2 heterocycles. The summed E-state index contributed by atoms with van der Waals surface area (Å²) in [6, 6.07) is 13.1. The van der Waals surface area contributed by atoms with Crippen molar-refractivity contribution in [2.45, 2.75) is 77.0 Å². The van der Waals surface area contributed by atoms with Crippen LogP contribution in [0.5, 0.6) is 5.75 Å². The maximum absolute atomic E-state index is 13.6. The van der Waals surface area contributed by atoms with Gasteiger partial charge in [-0.25, -0.2) is 4.79 Å². The average Bonchev–Trinajstić information content (AvgIpc) is 3.36. The number of nitrogens with one attached hydrogen (secondary N) is 2. The molecule has 1 aliphatic heterocycles. The van der Waals surface area contributed by atoms with Crippen LogP contribution in [0.1, 0.15) is 57.1 Å². The molecule has 4 amide bonds. The number of nitrogens with zero attached hydrogens (tertiary/aromatic N) is 3. The molecule has 2 aromatic carbocycles. The average molecular weight is 618 g/mol. The van der Waals surface area contributed by atoms with Crippen molar-refractivity contribution in [1.82, 2.24) is 19.7 Å². The first kappa shape index (κ1) is 32.3. The Bertz CT molecular complexity index is 1510. The van der Waals surface area contributed by atoms with Gasteiger partial charge < -0.3 is 34.8 Å². The van der Waals surface area contributed by atoms with Gasteiger partial charge in [0.05, 0.1) is 32.0 Å². The number of anilines is 1. The van der Waals surface area contributed by atoms with Gasteiger partial charge in [0.15, 0.2) is 0 Å². The lowest BCUT2D eigenvalue weighted by Crippen LogP contribution is -2.50. The van der Waals surface area contributed by atoms with Gasteiger partial charge in [0.1, 0.15) is 11.9 Å². The predicted octanol–water partition coefficient (Wildman–Crippen LogP) is 4.48. The molecule has 1 aromatic heterocycles. The van der Waals surface area contributed by atoms with Crippen LogP contribution in [0.4, 0.5) is 10.5 Å². The number of para-hydroxylation sites is 1. The van der Waals surface area contributed by atoms with Crippen LogP contribution in [-0.2, 0) is 29.5 Å². The Morgan fingerprint density at radius 3 is 2.64 bits per heavy atom. The molecule has 0 saturated heterocycles. The summed E-state index contributed by atoms with van der Waals surface area (Å²) in [5, 5.41) is 17.2. The second kappa shape index (κ2) is 14.4. The molecule has 2 aliphatic rings. The number of amides is 4. The lowest BCUT2D eigenvalue weighted by molar-refractivity contribution is -0.134. The van der Waals surface area contributed by atoms with E-state index in [-0.39, 0.29) is 55.3 Å². The first-order chi connectivity index (χ1) is 21.6. The maximum atomic E-state index is 13.6. The molecule has 242 valence electrons. The molecule has 5 rings (SSSR count). The van der Waals surface area contributed by atoms with Crippen LogP contribution in [0.3, 0.4) is 0 Å². The van der Waals surface area contributed by atoms with E-state index in [9.17, 15) is 19.5 Å². The van der Waals surface area contributed by atoms with Crippen molar-refractivity contribution in [3.05, 3.63) is 59.8 Å². The monoisotopic (exact) mass is 617 g/mol. The van der Waals surface area contributed by atoms with E-state index >= 15 is 0 Å². The lowest BCUT2D eigenvalue weighted by atomic mass is 9.96. The van der Waals surface area contributed by atoms with Crippen LogP contribution >= 0.6 is 0 Å². The summed E-state index contributed by atoms with van der Waals surface area (Å²) in [4.78, 5) is 43.2. The van der Waals surface area contributed by atoms with E-state index in [0.29, 0.717) is 30.1 Å². The van der Waals surface area contributed by atoms with Gasteiger partial charge in [-0.3, -0.25) is 9.59 Å². The highest BCUT2D eigenvalue weighted by Crippen LogP contribution is 2.30. The first-order valence-corrected chi connectivity index (χ1v) is 16.2. The minimum atomic E-state index is -0.406. The zero-order chi connectivity index (χ0) is 32.1. The summed E-state index contributed by atoms with van der Waals surface area (Å²) in [5.41, 5.74) is 3.22.